The molecule has 0 spiro atoms. The first kappa shape index (κ1) is 20.9. The number of nitrogens with zero attached hydrogens (tertiary/aromatic N) is 3. The van der Waals surface area contributed by atoms with Gasteiger partial charge >= 0.3 is 0 Å². The summed E-state index contributed by atoms with van der Waals surface area (Å²) in [6, 6.07) is 5.49. The molecule has 1 saturated heterocycles. The van der Waals surface area contributed by atoms with Gasteiger partial charge in [-0.2, -0.15) is 0 Å². The highest BCUT2D eigenvalue weighted by atomic mass is 32.2. The van der Waals surface area contributed by atoms with Crippen molar-refractivity contribution in [3.8, 4) is 0 Å². The first-order valence-corrected chi connectivity index (χ1v) is 10.4. The highest BCUT2D eigenvalue weighted by Crippen LogP contribution is 2.15. The van der Waals surface area contributed by atoms with Crippen molar-refractivity contribution < 1.29 is 22.8 Å². The predicted molar refractivity (Wildman–Crippen MR) is 99.7 cm³/mol. The van der Waals surface area contributed by atoms with Gasteiger partial charge in [-0.15, -0.1) is 0 Å². The number of carbonyl (C=O) groups is 3. The molecule has 0 aromatic heterocycles. The fraction of sp³-hybridized carbons (Fsp3) is 0.500. The van der Waals surface area contributed by atoms with Gasteiger partial charge in [0.25, 0.3) is 0 Å². The molecule has 3 amide bonds. The van der Waals surface area contributed by atoms with Crippen LogP contribution in [0, 0.1) is 0 Å². The molecule has 148 valence electrons. The molecule has 0 N–H and O–H groups in total. The Hall–Kier alpha value is -2.42. The fourth-order valence-electron chi connectivity index (χ4n) is 3.04. The maximum absolute atomic E-state index is 12.6. The van der Waals surface area contributed by atoms with Crippen LogP contribution in [0.25, 0.3) is 0 Å². The highest BCUT2D eigenvalue weighted by molar-refractivity contribution is 7.90. The summed E-state index contributed by atoms with van der Waals surface area (Å²) in [5.74, 6) is -0.583. The van der Waals surface area contributed by atoms with E-state index in [9.17, 15) is 22.8 Å². The zero-order valence-electron chi connectivity index (χ0n) is 16.0. The van der Waals surface area contributed by atoms with E-state index in [1.807, 2.05) is 0 Å². The van der Waals surface area contributed by atoms with Crippen molar-refractivity contribution in [2.45, 2.75) is 24.3 Å². The van der Waals surface area contributed by atoms with E-state index < -0.39 is 15.9 Å². The SMILES string of the molecule is CC(=O)N1CCN(C(=O)Cc2ccc(S(C)(=O)=O)cc2)CC1C(=O)N(C)C. The van der Waals surface area contributed by atoms with Gasteiger partial charge in [0.15, 0.2) is 9.84 Å². The number of benzene rings is 1. The van der Waals surface area contributed by atoms with Gasteiger partial charge in [0.1, 0.15) is 6.04 Å². The number of sulfone groups is 1. The van der Waals surface area contributed by atoms with Crippen LogP contribution in [0.1, 0.15) is 12.5 Å². The molecule has 0 aliphatic carbocycles. The zero-order valence-corrected chi connectivity index (χ0v) is 16.8. The normalized spacial score (nSPS) is 17.6. The molecule has 2 rings (SSSR count). The van der Waals surface area contributed by atoms with Gasteiger partial charge in [-0.3, -0.25) is 14.4 Å². The first-order valence-electron chi connectivity index (χ1n) is 8.56. The van der Waals surface area contributed by atoms with E-state index in [-0.39, 0.29) is 35.6 Å². The lowest BCUT2D eigenvalue weighted by atomic mass is 10.1. The standard InChI is InChI=1S/C18H25N3O5S/c1-13(22)21-10-9-20(12-16(21)18(24)19(2)3)17(23)11-14-5-7-15(8-6-14)27(4,25)26/h5-8,16H,9-12H2,1-4H3. The second-order valence-corrected chi connectivity index (χ2v) is 8.91. The molecule has 1 fully saturated rings. The molecule has 1 heterocycles. The Morgan fingerprint density at radius 1 is 1.11 bits per heavy atom. The van der Waals surface area contributed by atoms with E-state index in [1.165, 1.54) is 28.9 Å². The monoisotopic (exact) mass is 395 g/mol. The summed E-state index contributed by atoms with van der Waals surface area (Å²) < 4.78 is 23.0. The summed E-state index contributed by atoms with van der Waals surface area (Å²) in [5, 5.41) is 0. The minimum atomic E-state index is -3.28. The number of carbonyl (C=O) groups excluding carboxylic acids is 3. The lowest BCUT2D eigenvalue weighted by molar-refractivity contribution is -0.150. The van der Waals surface area contributed by atoms with E-state index >= 15 is 0 Å². The molecule has 0 bridgehead atoms. The van der Waals surface area contributed by atoms with Crippen molar-refractivity contribution in [3.63, 3.8) is 0 Å². The van der Waals surface area contributed by atoms with Crippen LogP contribution >= 0.6 is 0 Å². The Morgan fingerprint density at radius 3 is 2.19 bits per heavy atom. The Kier molecular flexibility index (Phi) is 6.25. The van der Waals surface area contributed by atoms with Crippen LogP contribution in [0.3, 0.4) is 0 Å². The lowest BCUT2D eigenvalue weighted by Crippen LogP contribution is -2.61. The summed E-state index contributed by atoms with van der Waals surface area (Å²) in [6.45, 7) is 2.23. The Labute approximate surface area is 159 Å². The molecule has 0 saturated carbocycles. The molecule has 9 heteroatoms. The lowest BCUT2D eigenvalue weighted by Gasteiger charge is -2.41. The van der Waals surface area contributed by atoms with Crippen molar-refractivity contribution in [1.82, 2.24) is 14.7 Å². The van der Waals surface area contributed by atoms with Crippen LogP contribution < -0.4 is 0 Å². The Morgan fingerprint density at radius 2 is 1.70 bits per heavy atom. The van der Waals surface area contributed by atoms with Gasteiger partial charge in [-0.05, 0) is 17.7 Å². The van der Waals surface area contributed by atoms with E-state index in [2.05, 4.69) is 0 Å². The molecule has 1 atom stereocenters. The molecule has 1 unspecified atom stereocenters. The fourth-order valence-corrected chi connectivity index (χ4v) is 3.67. The van der Waals surface area contributed by atoms with Crippen molar-refractivity contribution in [3.05, 3.63) is 29.8 Å². The first-order chi connectivity index (χ1) is 12.5. The third kappa shape index (κ3) is 5.06. The van der Waals surface area contributed by atoms with E-state index in [4.69, 9.17) is 0 Å². The Balaban J connectivity index is 2.10. The van der Waals surface area contributed by atoms with Crippen LogP contribution in [0.4, 0.5) is 0 Å². The molecule has 1 aromatic rings. The largest absolute Gasteiger partial charge is 0.347 e. The molecule has 27 heavy (non-hydrogen) atoms. The average Bonchev–Trinajstić information content (AvgIpc) is 2.60. The van der Waals surface area contributed by atoms with Crippen LogP contribution in [0.2, 0.25) is 0 Å². The van der Waals surface area contributed by atoms with Crippen LogP contribution in [-0.4, -0.2) is 86.9 Å². The zero-order chi connectivity index (χ0) is 20.4. The topological polar surface area (TPSA) is 95.1 Å². The molecule has 1 aliphatic rings. The maximum atomic E-state index is 12.6. The number of likely N-dealkylation sites (N-methyl/N-ethyl adjacent to an activating group) is 1. The summed E-state index contributed by atoms with van der Waals surface area (Å²) in [6.07, 6.45) is 1.23. The van der Waals surface area contributed by atoms with Crippen LogP contribution in [-0.2, 0) is 30.6 Å². The number of hydrogen-bond donors (Lipinski definition) is 0. The van der Waals surface area contributed by atoms with Crippen molar-refractivity contribution in [1.29, 1.82) is 0 Å². The number of piperazine rings is 1. The molecule has 1 aliphatic heterocycles. The van der Waals surface area contributed by atoms with Crippen molar-refractivity contribution >= 4 is 27.6 Å². The smallest absolute Gasteiger partial charge is 0.246 e. The number of amides is 3. The molecule has 1 aromatic carbocycles. The number of hydrogen-bond acceptors (Lipinski definition) is 5. The Bertz CT molecular complexity index is 833. The van der Waals surface area contributed by atoms with Crippen LogP contribution in [0.5, 0.6) is 0 Å². The van der Waals surface area contributed by atoms with Crippen molar-refractivity contribution in [2.75, 3.05) is 40.0 Å². The van der Waals surface area contributed by atoms with E-state index in [0.29, 0.717) is 18.7 Å². The summed E-state index contributed by atoms with van der Waals surface area (Å²) in [5.41, 5.74) is 0.692. The highest BCUT2D eigenvalue weighted by Gasteiger charge is 2.36. The van der Waals surface area contributed by atoms with Gasteiger partial charge < -0.3 is 14.7 Å². The minimum absolute atomic E-state index is 0.104. The summed E-state index contributed by atoms with van der Waals surface area (Å²) in [7, 11) is -0.0511. The summed E-state index contributed by atoms with van der Waals surface area (Å²) in [4.78, 5) is 41.6. The van der Waals surface area contributed by atoms with Gasteiger partial charge in [0, 0.05) is 40.4 Å². The van der Waals surface area contributed by atoms with E-state index in [0.717, 1.165) is 6.26 Å². The van der Waals surface area contributed by atoms with E-state index in [1.54, 1.807) is 31.1 Å². The molecule has 8 nitrogen and oxygen atoms in total. The number of rotatable bonds is 4. The molecular formula is C18H25N3O5S. The maximum Gasteiger partial charge on any atom is 0.246 e. The molecular weight excluding hydrogens is 370 g/mol. The third-order valence-electron chi connectivity index (χ3n) is 4.57. The second-order valence-electron chi connectivity index (χ2n) is 6.89. The predicted octanol–water partition coefficient (Wildman–Crippen LogP) is -0.220. The second kappa shape index (κ2) is 8.08. The molecule has 0 radical (unpaired) electrons. The van der Waals surface area contributed by atoms with Gasteiger partial charge in [-0.1, -0.05) is 12.1 Å². The quantitative estimate of drug-likeness (QED) is 0.702. The van der Waals surface area contributed by atoms with Gasteiger partial charge in [-0.25, -0.2) is 8.42 Å². The van der Waals surface area contributed by atoms with Crippen molar-refractivity contribution in [2.24, 2.45) is 0 Å². The van der Waals surface area contributed by atoms with Crippen LogP contribution in [0.15, 0.2) is 29.2 Å². The average molecular weight is 395 g/mol. The summed E-state index contributed by atoms with van der Waals surface area (Å²) >= 11 is 0. The van der Waals surface area contributed by atoms with Gasteiger partial charge in [0.2, 0.25) is 17.7 Å². The van der Waals surface area contributed by atoms with Gasteiger partial charge in [0.05, 0.1) is 17.9 Å². The minimum Gasteiger partial charge on any atom is -0.347 e. The third-order valence-corrected chi connectivity index (χ3v) is 5.70.